The van der Waals surface area contributed by atoms with Crippen molar-refractivity contribution in [3.05, 3.63) is 91.9 Å². The van der Waals surface area contributed by atoms with Gasteiger partial charge in [0.2, 0.25) is 0 Å². The number of nitrogens with zero attached hydrogens (tertiary/aromatic N) is 2. The molecule has 160 valence electrons. The Morgan fingerprint density at radius 2 is 1.87 bits per heavy atom. The van der Waals surface area contributed by atoms with E-state index >= 15 is 0 Å². The number of ether oxygens (including phenoxy) is 1. The number of amides is 2. The van der Waals surface area contributed by atoms with Crippen molar-refractivity contribution in [2.75, 3.05) is 0 Å². The Kier molecular flexibility index (Phi) is 5.41. The summed E-state index contributed by atoms with van der Waals surface area (Å²) >= 11 is 6.25. The summed E-state index contributed by atoms with van der Waals surface area (Å²) in [4.78, 5) is 25.9. The molecule has 1 aromatic heterocycles. The topological polar surface area (TPSA) is 77.6 Å². The van der Waals surface area contributed by atoms with E-state index in [1.807, 2.05) is 12.1 Å². The van der Waals surface area contributed by atoms with E-state index in [1.54, 1.807) is 19.1 Å². The number of halogens is 3. The zero-order valence-electron chi connectivity index (χ0n) is 16.5. The molecular weight excluding hydrogens is 428 g/mol. The van der Waals surface area contributed by atoms with E-state index < -0.39 is 23.2 Å². The van der Waals surface area contributed by atoms with E-state index in [-0.39, 0.29) is 22.9 Å². The maximum absolute atomic E-state index is 13.8. The van der Waals surface area contributed by atoms with Crippen LogP contribution >= 0.6 is 11.6 Å². The lowest BCUT2D eigenvalue weighted by Gasteiger charge is -2.15. The fraction of sp³-hybridized carbons (Fsp3) is 0.182. The molecule has 1 aliphatic heterocycles. The van der Waals surface area contributed by atoms with Crippen molar-refractivity contribution < 1.29 is 18.3 Å². The molecule has 0 radical (unpaired) electrons. The highest BCUT2D eigenvalue weighted by Crippen LogP contribution is 2.28. The number of pyridine rings is 1. The van der Waals surface area contributed by atoms with Crippen LogP contribution in [0.1, 0.15) is 22.4 Å². The van der Waals surface area contributed by atoms with Crippen LogP contribution in [0.15, 0.2) is 47.3 Å². The quantitative estimate of drug-likeness (QED) is 0.658. The lowest BCUT2D eigenvalue weighted by atomic mass is 10.1. The van der Waals surface area contributed by atoms with Gasteiger partial charge in [-0.15, -0.1) is 0 Å². The highest BCUT2D eigenvalue weighted by atomic mass is 35.5. The average molecular weight is 446 g/mol. The van der Waals surface area contributed by atoms with Crippen molar-refractivity contribution in [2.24, 2.45) is 5.73 Å². The Balaban J connectivity index is 1.63. The van der Waals surface area contributed by atoms with E-state index in [1.165, 1.54) is 15.5 Å². The van der Waals surface area contributed by atoms with Gasteiger partial charge in [-0.3, -0.25) is 9.36 Å². The third kappa shape index (κ3) is 3.98. The molecule has 0 unspecified atom stereocenters. The number of hydrogen-bond donors (Lipinski definition) is 1. The van der Waals surface area contributed by atoms with E-state index in [2.05, 4.69) is 0 Å². The number of fused-ring (bicyclic) bond motifs is 1. The number of aryl methyl sites for hydroxylation is 1. The Morgan fingerprint density at radius 1 is 1.13 bits per heavy atom. The number of aromatic nitrogens is 1. The zero-order chi connectivity index (χ0) is 22.3. The van der Waals surface area contributed by atoms with Gasteiger partial charge in [-0.05, 0) is 42.3 Å². The molecule has 2 amide bonds. The predicted molar refractivity (Wildman–Crippen MR) is 111 cm³/mol. The molecule has 2 aromatic carbocycles. The Labute approximate surface area is 181 Å². The minimum Gasteiger partial charge on any atom is -0.487 e. The highest BCUT2D eigenvalue weighted by molar-refractivity contribution is 6.31. The van der Waals surface area contributed by atoms with Crippen molar-refractivity contribution in [2.45, 2.75) is 26.6 Å². The number of nitrogens with two attached hydrogens (primary N) is 1. The van der Waals surface area contributed by atoms with E-state index in [0.717, 1.165) is 23.3 Å². The average Bonchev–Trinajstić information content (AvgIpc) is 3.15. The first-order valence-corrected chi connectivity index (χ1v) is 9.78. The molecule has 0 bridgehead atoms. The summed E-state index contributed by atoms with van der Waals surface area (Å²) in [5.74, 6) is -1.33. The summed E-state index contributed by atoms with van der Waals surface area (Å²) in [7, 11) is 0. The van der Waals surface area contributed by atoms with E-state index in [9.17, 15) is 18.4 Å². The van der Waals surface area contributed by atoms with Gasteiger partial charge in [-0.25, -0.2) is 13.6 Å². The molecule has 0 fully saturated rings. The summed E-state index contributed by atoms with van der Waals surface area (Å²) < 4.78 is 33.9. The van der Waals surface area contributed by atoms with Crippen LogP contribution in [0.25, 0.3) is 5.69 Å². The van der Waals surface area contributed by atoms with Crippen LogP contribution < -0.4 is 16.0 Å². The van der Waals surface area contributed by atoms with Crippen molar-refractivity contribution in [3.8, 4) is 11.4 Å². The van der Waals surface area contributed by atoms with Gasteiger partial charge in [0.05, 0.1) is 0 Å². The molecule has 4 rings (SSSR count). The fourth-order valence-electron chi connectivity index (χ4n) is 3.58. The molecule has 0 atom stereocenters. The summed E-state index contributed by atoms with van der Waals surface area (Å²) in [6.07, 6.45) is 0. The lowest BCUT2D eigenvalue weighted by molar-refractivity contribution is 0.208. The molecule has 6 nitrogen and oxygen atoms in total. The number of rotatable bonds is 4. The van der Waals surface area contributed by atoms with Crippen molar-refractivity contribution in [3.63, 3.8) is 0 Å². The number of benzene rings is 2. The SMILES string of the molecule is Cc1cc(OCc2ccc(F)cc2F)c(Cl)c(=O)n1-c1ccc2c(c1)CN(C(N)=O)C2. The van der Waals surface area contributed by atoms with Gasteiger partial charge in [0.25, 0.3) is 5.56 Å². The number of hydrogen-bond acceptors (Lipinski definition) is 3. The molecule has 0 saturated heterocycles. The first-order chi connectivity index (χ1) is 14.7. The number of carbonyl (C=O) groups is 1. The highest BCUT2D eigenvalue weighted by Gasteiger charge is 2.23. The molecule has 0 saturated carbocycles. The zero-order valence-corrected chi connectivity index (χ0v) is 17.2. The van der Waals surface area contributed by atoms with Gasteiger partial charge < -0.3 is 15.4 Å². The molecule has 0 spiro atoms. The first-order valence-electron chi connectivity index (χ1n) is 9.40. The van der Waals surface area contributed by atoms with Crippen molar-refractivity contribution in [1.29, 1.82) is 0 Å². The van der Waals surface area contributed by atoms with E-state index in [4.69, 9.17) is 22.1 Å². The second kappa shape index (κ2) is 8.03. The molecular formula is C22H18ClF2N3O3. The molecule has 31 heavy (non-hydrogen) atoms. The Bertz CT molecular complexity index is 1260. The van der Waals surface area contributed by atoms with Crippen LogP contribution in [-0.2, 0) is 19.7 Å². The molecule has 0 aliphatic carbocycles. The minimum atomic E-state index is -0.746. The number of primary amides is 1. The molecule has 9 heteroatoms. The fourth-order valence-corrected chi connectivity index (χ4v) is 3.77. The Morgan fingerprint density at radius 3 is 2.58 bits per heavy atom. The van der Waals surface area contributed by atoms with Crippen LogP contribution in [0.3, 0.4) is 0 Å². The smallest absolute Gasteiger partial charge is 0.315 e. The summed E-state index contributed by atoms with van der Waals surface area (Å²) in [5.41, 5.74) is 7.99. The van der Waals surface area contributed by atoms with Crippen molar-refractivity contribution in [1.82, 2.24) is 9.47 Å². The van der Waals surface area contributed by atoms with Crippen LogP contribution in [0, 0.1) is 18.6 Å². The first kappa shape index (κ1) is 20.9. The monoisotopic (exact) mass is 445 g/mol. The van der Waals surface area contributed by atoms with Crippen LogP contribution in [0.2, 0.25) is 5.02 Å². The van der Waals surface area contributed by atoms with Gasteiger partial charge in [0, 0.05) is 42.2 Å². The molecule has 2 heterocycles. The summed E-state index contributed by atoms with van der Waals surface area (Å²) in [5, 5.41) is -0.160. The normalized spacial score (nSPS) is 12.7. The third-order valence-electron chi connectivity index (χ3n) is 5.18. The second-order valence-electron chi connectivity index (χ2n) is 7.28. The minimum absolute atomic E-state index is 0.102. The second-order valence-corrected chi connectivity index (χ2v) is 7.65. The molecule has 2 N–H and O–H groups in total. The van der Waals surface area contributed by atoms with Gasteiger partial charge in [0.15, 0.2) is 0 Å². The van der Waals surface area contributed by atoms with Gasteiger partial charge in [0.1, 0.15) is 29.0 Å². The summed E-state index contributed by atoms with van der Waals surface area (Å²) in [6, 6.07) is 9.65. The van der Waals surface area contributed by atoms with Gasteiger partial charge in [-0.1, -0.05) is 17.7 Å². The van der Waals surface area contributed by atoms with Crippen molar-refractivity contribution >= 4 is 17.6 Å². The van der Waals surface area contributed by atoms with Crippen LogP contribution in [0.5, 0.6) is 5.75 Å². The molecule has 3 aromatic rings. The maximum atomic E-state index is 13.8. The third-order valence-corrected chi connectivity index (χ3v) is 5.53. The maximum Gasteiger partial charge on any atom is 0.315 e. The van der Waals surface area contributed by atoms with Crippen LogP contribution in [0.4, 0.5) is 13.6 Å². The predicted octanol–water partition coefficient (Wildman–Crippen LogP) is 4.05. The van der Waals surface area contributed by atoms with Gasteiger partial charge >= 0.3 is 6.03 Å². The number of carbonyl (C=O) groups excluding carboxylic acids is 1. The van der Waals surface area contributed by atoms with Crippen LogP contribution in [-0.4, -0.2) is 15.5 Å². The summed E-state index contributed by atoms with van der Waals surface area (Å²) in [6.45, 7) is 2.29. The standard InChI is InChI=1S/C22H18ClF2N3O3/c1-12-6-19(31-11-14-2-4-16(24)8-18(14)25)20(23)21(29)28(12)17-5-3-13-9-27(22(26)30)10-15(13)7-17/h2-8H,9-11H2,1H3,(H2,26,30). The lowest BCUT2D eigenvalue weighted by Crippen LogP contribution is -2.30. The molecule has 1 aliphatic rings. The van der Waals surface area contributed by atoms with E-state index in [0.29, 0.717) is 24.5 Å². The largest absolute Gasteiger partial charge is 0.487 e. The Hall–Kier alpha value is -3.39. The number of urea groups is 1. The van der Waals surface area contributed by atoms with Gasteiger partial charge in [-0.2, -0.15) is 0 Å².